The number of rotatable bonds is 5. The van der Waals surface area contributed by atoms with Crippen LogP contribution in [0.25, 0.3) is 0 Å². The number of para-hydroxylation sites is 1. The fourth-order valence-corrected chi connectivity index (χ4v) is 3.15. The lowest BCUT2D eigenvalue weighted by atomic mass is 9.98. The molecule has 0 bridgehead atoms. The van der Waals surface area contributed by atoms with Crippen molar-refractivity contribution in [3.8, 4) is 5.75 Å². The molecule has 0 aromatic heterocycles. The van der Waals surface area contributed by atoms with Crippen LogP contribution in [0.3, 0.4) is 0 Å². The predicted octanol–water partition coefficient (Wildman–Crippen LogP) is 4.39. The summed E-state index contributed by atoms with van der Waals surface area (Å²) in [6.07, 6.45) is 0.115. The van der Waals surface area contributed by atoms with E-state index < -0.39 is 0 Å². The van der Waals surface area contributed by atoms with Crippen LogP contribution in [0.4, 0.5) is 0 Å². The normalized spacial score (nSPS) is 12.5. The van der Waals surface area contributed by atoms with Gasteiger partial charge in [0.15, 0.2) is 0 Å². The maximum absolute atomic E-state index is 5.91. The van der Waals surface area contributed by atoms with E-state index >= 15 is 0 Å². The summed E-state index contributed by atoms with van der Waals surface area (Å²) >= 11 is 5.90. The third-order valence-corrected chi connectivity index (χ3v) is 4.42. The molecule has 2 aromatic rings. The molecule has 3 nitrogen and oxygen atoms in total. The number of nitrogens with two attached hydrogens (primary N) is 1. The molecule has 21 heavy (non-hydrogen) atoms. The summed E-state index contributed by atoms with van der Waals surface area (Å²) in [6, 6.07) is 14.0. The van der Waals surface area contributed by atoms with Crippen molar-refractivity contribution < 1.29 is 4.74 Å². The van der Waals surface area contributed by atoms with Gasteiger partial charge in [0, 0.05) is 13.6 Å². The van der Waals surface area contributed by atoms with E-state index in [1.54, 1.807) is 0 Å². The third-order valence-electron chi connectivity index (χ3n) is 3.03. The average Bonchev–Trinajstić information content (AvgIpc) is 2.44. The Morgan fingerprint density at radius 1 is 1.14 bits per heavy atom. The van der Waals surface area contributed by atoms with Gasteiger partial charge in [0.2, 0.25) is 0 Å². The van der Waals surface area contributed by atoms with E-state index in [4.69, 9.17) is 10.6 Å². The van der Waals surface area contributed by atoms with E-state index in [0.29, 0.717) is 0 Å². The highest BCUT2D eigenvalue weighted by Gasteiger charge is 2.20. The Morgan fingerprint density at radius 3 is 2.52 bits per heavy atom. The molecule has 1 unspecified atom stereocenters. The van der Waals surface area contributed by atoms with Gasteiger partial charge < -0.3 is 4.74 Å². The first-order chi connectivity index (χ1) is 10.0. The van der Waals surface area contributed by atoms with Gasteiger partial charge in [-0.1, -0.05) is 34.1 Å². The lowest BCUT2D eigenvalue weighted by Gasteiger charge is -2.22. The Hall–Kier alpha value is -0.630. The number of hydrogen-bond donors (Lipinski definition) is 2. The minimum atomic E-state index is -0.135. The van der Waals surface area contributed by atoms with Crippen molar-refractivity contribution in [2.75, 3.05) is 0 Å². The van der Waals surface area contributed by atoms with Crippen molar-refractivity contribution in [2.45, 2.75) is 26.0 Å². The highest BCUT2D eigenvalue weighted by molar-refractivity contribution is 14.1. The molecule has 112 valence electrons. The Labute approximate surface area is 147 Å². The summed E-state index contributed by atoms with van der Waals surface area (Å²) in [7, 11) is 0. The number of hydrazine groups is 1. The largest absolute Gasteiger partial charge is 0.491 e. The van der Waals surface area contributed by atoms with Gasteiger partial charge in [-0.25, -0.2) is 5.43 Å². The minimum absolute atomic E-state index is 0.115. The zero-order chi connectivity index (χ0) is 15.4. The number of hydrogen-bond acceptors (Lipinski definition) is 3. The molecule has 0 aliphatic rings. The number of halogens is 2. The van der Waals surface area contributed by atoms with Crippen LogP contribution in [0.2, 0.25) is 0 Å². The second-order valence-corrected chi connectivity index (χ2v) is 7.07. The first kappa shape index (κ1) is 16.7. The van der Waals surface area contributed by atoms with Crippen molar-refractivity contribution in [1.29, 1.82) is 0 Å². The molecule has 0 saturated carbocycles. The van der Waals surface area contributed by atoms with E-state index in [2.05, 4.69) is 56.1 Å². The van der Waals surface area contributed by atoms with Crippen LogP contribution in [0.1, 0.15) is 31.0 Å². The molecule has 0 heterocycles. The summed E-state index contributed by atoms with van der Waals surface area (Å²) in [5.74, 6) is 6.67. The summed E-state index contributed by atoms with van der Waals surface area (Å²) in [5, 5.41) is 0. The Balaban J connectivity index is 2.49. The van der Waals surface area contributed by atoms with Gasteiger partial charge in [-0.2, -0.15) is 0 Å². The highest BCUT2D eigenvalue weighted by atomic mass is 127. The second-order valence-electron chi connectivity index (χ2n) is 4.97. The quantitative estimate of drug-likeness (QED) is 0.395. The highest BCUT2D eigenvalue weighted by Crippen LogP contribution is 2.34. The molecule has 0 saturated heterocycles. The lowest BCUT2D eigenvalue weighted by molar-refractivity contribution is 0.238. The van der Waals surface area contributed by atoms with Gasteiger partial charge in [0.25, 0.3) is 0 Å². The summed E-state index contributed by atoms with van der Waals surface area (Å²) in [5.41, 5.74) is 5.01. The van der Waals surface area contributed by atoms with Crippen molar-refractivity contribution in [3.05, 3.63) is 61.6 Å². The predicted molar refractivity (Wildman–Crippen MR) is 98.2 cm³/mol. The molecule has 5 heteroatoms. The third kappa shape index (κ3) is 4.18. The Bertz CT molecular complexity index is 619. The van der Waals surface area contributed by atoms with Gasteiger partial charge in [0.1, 0.15) is 5.75 Å². The molecule has 0 aliphatic carbocycles. The van der Waals surface area contributed by atoms with Crippen LogP contribution in [0, 0.1) is 3.57 Å². The van der Waals surface area contributed by atoms with Crippen LogP contribution in [0.5, 0.6) is 5.75 Å². The van der Waals surface area contributed by atoms with Gasteiger partial charge in [-0.15, -0.1) is 0 Å². The maximum atomic E-state index is 5.91. The van der Waals surface area contributed by atoms with Crippen molar-refractivity contribution >= 4 is 38.5 Å². The Morgan fingerprint density at radius 2 is 1.86 bits per heavy atom. The topological polar surface area (TPSA) is 47.3 Å². The van der Waals surface area contributed by atoms with Crippen molar-refractivity contribution in [1.82, 2.24) is 5.43 Å². The number of benzene rings is 2. The zero-order valence-corrected chi connectivity index (χ0v) is 15.7. The molecular weight excluding hydrogens is 443 g/mol. The number of ether oxygens (including phenoxy) is 1. The van der Waals surface area contributed by atoms with E-state index in [0.717, 1.165) is 24.9 Å². The van der Waals surface area contributed by atoms with Crippen LogP contribution in [0.15, 0.2) is 46.9 Å². The fraction of sp³-hybridized carbons (Fsp3) is 0.250. The maximum Gasteiger partial charge on any atom is 0.124 e. The van der Waals surface area contributed by atoms with E-state index in [1.165, 1.54) is 0 Å². The summed E-state index contributed by atoms with van der Waals surface area (Å²) in [4.78, 5) is 0. The molecule has 2 rings (SSSR count). The van der Waals surface area contributed by atoms with E-state index in [-0.39, 0.29) is 12.1 Å². The van der Waals surface area contributed by atoms with Gasteiger partial charge >= 0.3 is 0 Å². The summed E-state index contributed by atoms with van der Waals surface area (Å²) in [6.45, 7) is 4.03. The smallest absolute Gasteiger partial charge is 0.124 e. The minimum Gasteiger partial charge on any atom is -0.491 e. The molecule has 0 fully saturated rings. The van der Waals surface area contributed by atoms with E-state index in [1.807, 2.05) is 44.2 Å². The zero-order valence-electron chi connectivity index (χ0n) is 11.9. The van der Waals surface area contributed by atoms with Gasteiger partial charge in [-0.3, -0.25) is 5.84 Å². The average molecular weight is 461 g/mol. The SMILES string of the molecule is CC(C)Oc1ccccc1C(NN)c1cc(I)ccc1Br. The van der Waals surface area contributed by atoms with Crippen molar-refractivity contribution in [2.24, 2.45) is 5.84 Å². The lowest BCUT2D eigenvalue weighted by Crippen LogP contribution is -2.29. The van der Waals surface area contributed by atoms with E-state index in [9.17, 15) is 0 Å². The summed E-state index contributed by atoms with van der Waals surface area (Å²) < 4.78 is 8.09. The first-order valence-electron chi connectivity index (χ1n) is 6.69. The fourth-order valence-electron chi connectivity index (χ4n) is 2.16. The first-order valence-corrected chi connectivity index (χ1v) is 8.56. The van der Waals surface area contributed by atoms with Crippen molar-refractivity contribution in [3.63, 3.8) is 0 Å². The molecular formula is C16H18BrIN2O. The molecule has 1 atom stereocenters. The standard InChI is InChI=1S/C16H18BrIN2O/c1-10(2)21-15-6-4-3-5-12(15)16(20-19)13-9-11(18)7-8-14(13)17/h3-10,16,20H,19H2,1-2H3. The number of nitrogens with one attached hydrogen (secondary N) is 1. The molecule has 0 aliphatic heterocycles. The van der Waals surface area contributed by atoms with Crippen LogP contribution >= 0.6 is 38.5 Å². The molecule has 3 N–H and O–H groups in total. The van der Waals surface area contributed by atoms with Crippen LogP contribution < -0.4 is 16.0 Å². The Kier molecular flexibility index (Phi) is 6.04. The van der Waals surface area contributed by atoms with Crippen LogP contribution in [-0.2, 0) is 0 Å². The molecule has 2 aromatic carbocycles. The monoisotopic (exact) mass is 460 g/mol. The molecule has 0 spiro atoms. The molecule has 0 amide bonds. The van der Waals surface area contributed by atoms with Gasteiger partial charge in [0.05, 0.1) is 12.1 Å². The van der Waals surface area contributed by atoms with Crippen LogP contribution in [-0.4, -0.2) is 6.10 Å². The second kappa shape index (κ2) is 7.58. The van der Waals surface area contributed by atoms with Gasteiger partial charge in [-0.05, 0) is 66.3 Å². The molecule has 0 radical (unpaired) electrons.